The number of carbonyl (C=O) groups excluding carboxylic acids is 4. The Morgan fingerprint density at radius 2 is 0.473 bits per heavy atom. The van der Waals surface area contributed by atoms with E-state index in [4.69, 9.17) is 18.9 Å². The molecule has 0 radical (unpaired) electrons. The number of carbonyl (C=O) groups is 4. The first-order valence-electron chi connectivity index (χ1n) is 36.1. The fourth-order valence-electron chi connectivity index (χ4n) is 10.5. The molecule has 0 unspecified atom stereocenters. The van der Waals surface area contributed by atoms with Crippen LogP contribution in [0.5, 0.6) is 0 Å². The van der Waals surface area contributed by atoms with Crippen molar-refractivity contribution >= 4 is 81.9 Å². The zero-order chi connectivity index (χ0) is 67.4. The second-order valence-electron chi connectivity index (χ2n) is 24.4. The monoisotopic (exact) mass is 1360 g/mol. The maximum atomic E-state index is 12.8. The molecule has 0 aliphatic heterocycles. The van der Waals surface area contributed by atoms with E-state index >= 15 is 0 Å². The fourth-order valence-corrected chi connectivity index (χ4v) is 11.5. The number of allylic oxidation sites excluding steroid dienone is 4. The summed E-state index contributed by atoms with van der Waals surface area (Å²) in [6.45, 7) is 9.30. The Bertz CT molecular complexity index is 2400. The molecule has 524 valence electrons. The predicted molar refractivity (Wildman–Crippen MR) is 378 cm³/mol. The second kappa shape index (κ2) is 61.9. The fraction of sp³-hybridized carbons (Fsp3) is 0.684. The Labute approximate surface area is 595 Å². The zero-order valence-electron chi connectivity index (χ0n) is 58.3. The van der Waals surface area contributed by atoms with Gasteiger partial charge in [-0.15, -0.1) is 0 Å². The number of esters is 4. The van der Waals surface area contributed by atoms with E-state index in [0.717, 1.165) is 87.8 Å². The van der Waals surface area contributed by atoms with Crippen molar-refractivity contribution < 1.29 is 64.1 Å². The van der Waals surface area contributed by atoms with Gasteiger partial charge in [-0.1, -0.05) is 282 Å². The normalized spacial score (nSPS) is 11.8. The first-order valence-corrected chi connectivity index (χ1v) is 38.9. The number of hydrogen-bond acceptors (Lipinski definition) is 14. The standard InChI is InChI=1S/2C38H62O7S.Ca/c2*1-3-5-7-9-11-13-15-17-19-21-23-25-27-31-44-37(39)35-30-29-34(46(41,42)43)33-36(35)38(40)45-32-28-26-24-22-20-18-16-14-12-10-8-6-4-2;/h2*23-26,29-30,33H,3-22,27-28,31-32H2,1-2H3,(H,41,42,43);/q;;+2/p-2/b2*25-23+,26-24+;. The molecular formula is C76H122CaO14S2. The van der Waals surface area contributed by atoms with Crippen molar-refractivity contribution in [1.29, 1.82) is 0 Å². The third-order valence-corrected chi connectivity index (χ3v) is 17.7. The van der Waals surface area contributed by atoms with E-state index < -0.39 is 53.9 Å². The van der Waals surface area contributed by atoms with Crippen LogP contribution in [0.25, 0.3) is 0 Å². The molecule has 0 aliphatic rings. The van der Waals surface area contributed by atoms with Crippen molar-refractivity contribution in [2.45, 2.75) is 320 Å². The van der Waals surface area contributed by atoms with E-state index in [1.807, 2.05) is 24.3 Å². The first kappa shape index (κ1) is 89.4. The average Bonchev–Trinajstić information content (AvgIpc) is 0.860. The van der Waals surface area contributed by atoms with E-state index in [0.29, 0.717) is 25.7 Å². The van der Waals surface area contributed by atoms with Gasteiger partial charge in [0.2, 0.25) is 0 Å². The summed E-state index contributed by atoms with van der Waals surface area (Å²) in [6, 6.07) is 6.08. The van der Waals surface area contributed by atoms with Crippen molar-refractivity contribution in [3.05, 3.63) is 107 Å². The Hall–Kier alpha value is -3.64. The number of ether oxygens (including phenoxy) is 4. The zero-order valence-corrected chi connectivity index (χ0v) is 62.1. The Morgan fingerprint density at radius 1 is 0.290 bits per heavy atom. The van der Waals surface area contributed by atoms with Gasteiger partial charge in [0.25, 0.3) is 0 Å². The third-order valence-electron chi connectivity index (χ3n) is 16.1. The summed E-state index contributed by atoms with van der Waals surface area (Å²) in [6.07, 6.45) is 68.3. The van der Waals surface area contributed by atoms with Gasteiger partial charge in [0.05, 0.1) is 58.5 Å². The van der Waals surface area contributed by atoms with E-state index in [9.17, 15) is 45.1 Å². The smallest absolute Gasteiger partial charge is 0.744 e. The summed E-state index contributed by atoms with van der Waals surface area (Å²) in [5, 5.41) is 0. The van der Waals surface area contributed by atoms with E-state index in [1.54, 1.807) is 0 Å². The van der Waals surface area contributed by atoms with Crippen LogP contribution in [-0.4, -0.2) is 114 Å². The maximum absolute atomic E-state index is 12.8. The second-order valence-corrected chi connectivity index (χ2v) is 27.1. The van der Waals surface area contributed by atoms with Gasteiger partial charge in [-0.2, -0.15) is 0 Å². The van der Waals surface area contributed by atoms with E-state index in [-0.39, 0.29) is 86.4 Å². The SMILES string of the molecule is CCCCCCCCCCC/C=C/CCOC(=O)c1ccc(S(=O)(=O)[O-])cc1C(=O)OCC/C=C/CCCCCCCCCCC.CCCCCCCCCCC/C=C/CCOC(=O)c1ccc(S(=O)(=O)[O-])cc1C(=O)OCC/C=C/CCCCCCCCCCC.[Ca+2]. The van der Waals surface area contributed by atoms with Crippen LogP contribution in [0.15, 0.2) is 94.8 Å². The Balaban J connectivity index is 0.00000180. The summed E-state index contributed by atoms with van der Waals surface area (Å²) in [7, 11) is -9.65. The Kier molecular flexibility index (Phi) is 59.5. The van der Waals surface area contributed by atoms with Crippen molar-refractivity contribution in [2.24, 2.45) is 0 Å². The maximum Gasteiger partial charge on any atom is 2.00 e. The molecule has 0 fully saturated rings. The molecule has 0 amide bonds. The van der Waals surface area contributed by atoms with Gasteiger partial charge < -0.3 is 28.1 Å². The molecule has 0 saturated heterocycles. The molecule has 17 heteroatoms. The summed E-state index contributed by atoms with van der Waals surface area (Å²) >= 11 is 0. The summed E-state index contributed by atoms with van der Waals surface area (Å²) in [5.74, 6) is -3.28. The van der Waals surface area contributed by atoms with Crippen LogP contribution in [-0.2, 0) is 39.2 Å². The first-order chi connectivity index (χ1) is 44.6. The van der Waals surface area contributed by atoms with Gasteiger partial charge >= 0.3 is 61.6 Å². The van der Waals surface area contributed by atoms with Gasteiger partial charge in [-0.3, -0.25) is 0 Å². The van der Waals surface area contributed by atoms with Gasteiger partial charge in [-0.25, -0.2) is 36.0 Å². The molecule has 0 spiro atoms. The van der Waals surface area contributed by atoms with Gasteiger partial charge in [0, 0.05) is 0 Å². The number of hydrogen-bond donors (Lipinski definition) is 0. The number of unbranched alkanes of at least 4 members (excludes halogenated alkanes) is 36. The van der Waals surface area contributed by atoms with Gasteiger partial charge in [0.1, 0.15) is 20.2 Å². The molecule has 2 aromatic carbocycles. The largest absolute Gasteiger partial charge is 2.00 e. The van der Waals surface area contributed by atoms with Crippen LogP contribution in [0.3, 0.4) is 0 Å². The van der Waals surface area contributed by atoms with Crippen LogP contribution in [0.4, 0.5) is 0 Å². The number of benzene rings is 2. The van der Waals surface area contributed by atoms with Crippen LogP contribution in [0.1, 0.15) is 352 Å². The molecule has 2 aromatic rings. The molecule has 0 saturated carbocycles. The van der Waals surface area contributed by atoms with Crippen LogP contribution < -0.4 is 0 Å². The average molecular weight is 1360 g/mol. The minimum atomic E-state index is -4.82. The minimum absolute atomic E-state index is 0. The molecule has 14 nitrogen and oxygen atoms in total. The predicted octanol–water partition coefficient (Wildman–Crippen LogP) is 20.9. The quantitative estimate of drug-likeness (QED) is 0.0150. The molecule has 93 heavy (non-hydrogen) atoms. The topological polar surface area (TPSA) is 220 Å². The molecule has 0 aliphatic carbocycles. The summed E-state index contributed by atoms with van der Waals surface area (Å²) in [4.78, 5) is 49.9. The van der Waals surface area contributed by atoms with Crippen LogP contribution in [0, 0.1) is 0 Å². The molecule has 0 bridgehead atoms. The molecule has 0 heterocycles. The molecule has 0 atom stereocenters. The number of rotatable bonds is 58. The third kappa shape index (κ3) is 50.4. The van der Waals surface area contributed by atoms with E-state index in [2.05, 4.69) is 52.0 Å². The molecular weight excluding hydrogens is 1240 g/mol. The van der Waals surface area contributed by atoms with Crippen molar-refractivity contribution in [3.8, 4) is 0 Å². The molecule has 2 rings (SSSR count). The van der Waals surface area contributed by atoms with Gasteiger partial charge in [-0.05, 0) is 113 Å². The minimum Gasteiger partial charge on any atom is -0.744 e. The molecule has 0 aromatic heterocycles. The van der Waals surface area contributed by atoms with Crippen molar-refractivity contribution in [1.82, 2.24) is 0 Å². The summed E-state index contributed by atoms with van der Waals surface area (Å²) < 4.78 is 90.7. The van der Waals surface area contributed by atoms with Crippen molar-refractivity contribution in [2.75, 3.05) is 26.4 Å². The van der Waals surface area contributed by atoms with E-state index in [1.165, 1.54) is 205 Å². The summed E-state index contributed by atoms with van der Waals surface area (Å²) in [5.41, 5.74) is -0.836. The van der Waals surface area contributed by atoms with Crippen molar-refractivity contribution in [3.63, 3.8) is 0 Å². The molecule has 0 N–H and O–H groups in total. The van der Waals surface area contributed by atoms with Crippen LogP contribution >= 0.6 is 0 Å². The van der Waals surface area contributed by atoms with Crippen LogP contribution in [0.2, 0.25) is 0 Å². The Morgan fingerprint density at radius 3 is 0.677 bits per heavy atom. The van der Waals surface area contributed by atoms with Gasteiger partial charge in [0.15, 0.2) is 0 Å².